The molecule has 1 aliphatic rings. The standard InChI is InChI=1S/C8H17NO/c1-2-8(7-3-4-7)9-5-6-10/h7-10H,2-6H2,1H3. The van der Waals surface area contributed by atoms with E-state index in [-0.39, 0.29) is 6.61 Å². The predicted molar refractivity (Wildman–Crippen MR) is 41.9 cm³/mol. The van der Waals surface area contributed by atoms with Crippen molar-refractivity contribution in [3.05, 3.63) is 0 Å². The lowest BCUT2D eigenvalue weighted by molar-refractivity contribution is 0.278. The molecule has 60 valence electrons. The molecule has 1 atom stereocenters. The Morgan fingerprint density at radius 3 is 2.70 bits per heavy atom. The second kappa shape index (κ2) is 3.94. The van der Waals surface area contributed by atoms with Crippen LogP contribution in [0, 0.1) is 5.92 Å². The van der Waals surface area contributed by atoms with Crippen molar-refractivity contribution in [1.82, 2.24) is 5.32 Å². The Morgan fingerprint density at radius 2 is 2.30 bits per heavy atom. The van der Waals surface area contributed by atoms with Crippen LogP contribution >= 0.6 is 0 Å². The minimum absolute atomic E-state index is 0.267. The molecule has 0 aromatic rings. The lowest BCUT2D eigenvalue weighted by atomic mass is 10.1. The van der Waals surface area contributed by atoms with Gasteiger partial charge in [0.25, 0.3) is 0 Å². The number of nitrogens with one attached hydrogen (secondary N) is 1. The molecule has 0 heterocycles. The molecule has 2 N–H and O–H groups in total. The van der Waals surface area contributed by atoms with Crippen LogP contribution < -0.4 is 5.32 Å². The normalized spacial score (nSPS) is 21.0. The van der Waals surface area contributed by atoms with Crippen molar-refractivity contribution in [2.24, 2.45) is 5.92 Å². The first-order valence-corrected chi connectivity index (χ1v) is 4.22. The molecule has 0 aromatic carbocycles. The van der Waals surface area contributed by atoms with Gasteiger partial charge in [0, 0.05) is 12.6 Å². The summed E-state index contributed by atoms with van der Waals surface area (Å²) < 4.78 is 0. The Balaban J connectivity index is 2.07. The van der Waals surface area contributed by atoms with Crippen molar-refractivity contribution in [3.8, 4) is 0 Å². The summed E-state index contributed by atoms with van der Waals surface area (Å²) >= 11 is 0. The zero-order valence-electron chi connectivity index (χ0n) is 6.64. The predicted octanol–water partition coefficient (Wildman–Crippen LogP) is 0.757. The van der Waals surface area contributed by atoms with Gasteiger partial charge in [-0.2, -0.15) is 0 Å². The third-order valence-electron chi connectivity index (χ3n) is 2.15. The van der Waals surface area contributed by atoms with Gasteiger partial charge in [-0.25, -0.2) is 0 Å². The number of hydrogen-bond acceptors (Lipinski definition) is 2. The van der Waals surface area contributed by atoms with Gasteiger partial charge in [0.1, 0.15) is 0 Å². The summed E-state index contributed by atoms with van der Waals surface area (Å²) in [6.45, 7) is 3.23. The van der Waals surface area contributed by atoms with Crippen molar-refractivity contribution in [2.45, 2.75) is 32.2 Å². The van der Waals surface area contributed by atoms with Gasteiger partial charge in [0.2, 0.25) is 0 Å². The summed E-state index contributed by atoms with van der Waals surface area (Å²) in [4.78, 5) is 0. The number of aliphatic hydroxyl groups excluding tert-OH is 1. The fourth-order valence-electron chi connectivity index (χ4n) is 1.39. The Morgan fingerprint density at radius 1 is 1.60 bits per heavy atom. The molecule has 2 heteroatoms. The first-order chi connectivity index (χ1) is 4.88. The second-order valence-electron chi connectivity index (χ2n) is 3.03. The van der Waals surface area contributed by atoms with Crippen molar-refractivity contribution in [1.29, 1.82) is 0 Å². The van der Waals surface area contributed by atoms with Gasteiger partial charge in [-0.3, -0.25) is 0 Å². The van der Waals surface area contributed by atoms with E-state index in [2.05, 4.69) is 12.2 Å². The third kappa shape index (κ3) is 2.27. The van der Waals surface area contributed by atoms with Gasteiger partial charge >= 0.3 is 0 Å². The highest BCUT2D eigenvalue weighted by atomic mass is 16.3. The Bertz CT molecular complexity index is 91.3. The molecule has 1 saturated carbocycles. The molecular formula is C8H17NO. The number of rotatable bonds is 5. The van der Waals surface area contributed by atoms with E-state index in [1.807, 2.05) is 0 Å². The maximum Gasteiger partial charge on any atom is 0.0556 e. The fraction of sp³-hybridized carbons (Fsp3) is 1.00. The third-order valence-corrected chi connectivity index (χ3v) is 2.15. The molecule has 0 aromatic heterocycles. The minimum Gasteiger partial charge on any atom is -0.395 e. The summed E-state index contributed by atoms with van der Waals surface area (Å²) in [6, 6.07) is 0.673. The van der Waals surface area contributed by atoms with E-state index in [1.54, 1.807) is 0 Å². The summed E-state index contributed by atoms with van der Waals surface area (Å²) in [6.07, 6.45) is 3.97. The summed E-state index contributed by atoms with van der Waals surface area (Å²) in [7, 11) is 0. The second-order valence-corrected chi connectivity index (χ2v) is 3.03. The largest absolute Gasteiger partial charge is 0.395 e. The molecule has 2 nitrogen and oxygen atoms in total. The molecule has 10 heavy (non-hydrogen) atoms. The Labute approximate surface area is 62.6 Å². The van der Waals surface area contributed by atoms with Gasteiger partial charge < -0.3 is 10.4 Å². The summed E-state index contributed by atoms with van der Waals surface area (Å²) in [5.74, 6) is 0.913. The molecular weight excluding hydrogens is 126 g/mol. The zero-order valence-corrected chi connectivity index (χ0v) is 6.64. The highest BCUT2D eigenvalue weighted by Gasteiger charge is 2.28. The van der Waals surface area contributed by atoms with Crippen LogP contribution in [0.3, 0.4) is 0 Å². The average Bonchev–Trinajstić information content (AvgIpc) is 2.73. The van der Waals surface area contributed by atoms with Crippen LogP contribution in [-0.4, -0.2) is 24.3 Å². The molecule has 0 bridgehead atoms. The lowest BCUT2D eigenvalue weighted by Gasteiger charge is -2.14. The van der Waals surface area contributed by atoms with Crippen LogP contribution in [0.4, 0.5) is 0 Å². The van der Waals surface area contributed by atoms with E-state index in [4.69, 9.17) is 5.11 Å². The number of hydrogen-bond donors (Lipinski definition) is 2. The molecule has 0 radical (unpaired) electrons. The van der Waals surface area contributed by atoms with Gasteiger partial charge in [0.15, 0.2) is 0 Å². The zero-order chi connectivity index (χ0) is 7.40. The maximum atomic E-state index is 8.55. The SMILES string of the molecule is CCC(NCCO)C1CC1. The average molecular weight is 143 g/mol. The van der Waals surface area contributed by atoms with Gasteiger partial charge in [-0.15, -0.1) is 0 Å². The van der Waals surface area contributed by atoms with E-state index >= 15 is 0 Å². The van der Waals surface area contributed by atoms with Crippen molar-refractivity contribution < 1.29 is 5.11 Å². The van der Waals surface area contributed by atoms with Gasteiger partial charge in [-0.05, 0) is 25.2 Å². The van der Waals surface area contributed by atoms with E-state index in [9.17, 15) is 0 Å². The smallest absolute Gasteiger partial charge is 0.0556 e. The monoisotopic (exact) mass is 143 g/mol. The molecule has 1 aliphatic carbocycles. The summed E-state index contributed by atoms with van der Waals surface area (Å²) in [5.41, 5.74) is 0. The van der Waals surface area contributed by atoms with E-state index in [1.165, 1.54) is 19.3 Å². The minimum atomic E-state index is 0.267. The Hall–Kier alpha value is -0.0800. The van der Waals surface area contributed by atoms with Crippen LogP contribution in [0.15, 0.2) is 0 Å². The van der Waals surface area contributed by atoms with E-state index < -0.39 is 0 Å². The topological polar surface area (TPSA) is 32.3 Å². The number of aliphatic hydroxyl groups is 1. The molecule has 0 amide bonds. The van der Waals surface area contributed by atoms with E-state index in [0.717, 1.165) is 12.5 Å². The van der Waals surface area contributed by atoms with Gasteiger partial charge in [-0.1, -0.05) is 6.92 Å². The fourth-order valence-corrected chi connectivity index (χ4v) is 1.39. The molecule has 0 spiro atoms. The van der Waals surface area contributed by atoms with Crippen LogP contribution in [0.25, 0.3) is 0 Å². The van der Waals surface area contributed by atoms with Crippen LogP contribution in [0.1, 0.15) is 26.2 Å². The highest BCUT2D eigenvalue weighted by molar-refractivity contribution is 4.85. The molecule has 0 aliphatic heterocycles. The van der Waals surface area contributed by atoms with Gasteiger partial charge in [0.05, 0.1) is 6.61 Å². The van der Waals surface area contributed by atoms with Crippen LogP contribution in [-0.2, 0) is 0 Å². The van der Waals surface area contributed by atoms with Crippen molar-refractivity contribution in [2.75, 3.05) is 13.2 Å². The molecule has 1 unspecified atom stereocenters. The highest BCUT2D eigenvalue weighted by Crippen LogP contribution is 2.33. The van der Waals surface area contributed by atoms with Crippen LogP contribution in [0.2, 0.25) is 0 Å². The lowest BCUT2D eigenvalue weighted by Crippen LogP contribution is -2.32. The summed E-state index contributed by atoms with van der Waals surface area (Å²) in [5, 5.41) is 11.9. The quantitative estimate of drug-likeness (QED) is 0.595. The molecule has 0 saturated heterocycles. The molecule has 1 fully saturated rings. The molecule has 1 rings (SSSR count). The van der Waals surface area contributed by atoms with Crippen molar-refractivity contribution in [3.63, 3.8) is 0 Å². The van der Waals surface area contributed by atoms with Crippen LogP contribution in [0.5, 0.6) is 0 Å². The van der Waals surface area contributed by atoms with Crippen molar-refractivity contribution >= 4 is 0 Å². The first kappa shape index (κ1) is 8.02. The van der Waals surface area contributed by atoms with E-state index in [0.29, 0.717) is 6.04 Å². The maximum absolute atomic E-state index is 8.55. The Kier molecular flexibility index (Phi) is 3.16. The first-order valence-electron chi connectivity index (χ1n) is 4.22.